The minimum Gasteiger partial charge on any atom is -0.491 e. The molecule has 3 rings (SSSR count). The number of sulfonamides is 1. The van der Waals surface area contributed by atoms with Crippen LogP contribution < -0.4 is 14.4 Å². The normalized spacial score (nSPS) is 12.4. The van der Waals surface area contributed by atoms with Gasteiger partial charge in [-0.05, 0) is 30.0 Å². The van der Waals surface area contributed by atoms with Crippen LogP contribution in [-0.4, -0.2) is 39.8 Å². The average molecular weight is 445 g/mol. The molecule has 0 heterocycles. The Morgan fingerprint density at radius 3 is 2.45 bits per heavy atom. The number of nitrogens with zero attached hydrogens (tertiary/aromatic N) is 1. The predicted molar refractivity (Wildman–Crippen MR) is 120 cm³/mol. The first-order valence-electron chi connectivity index (χ1n) is 9.95. The summed E-state index contributed by atoms with van der Waals surface area (Å²) < 4.78 is 45.7. The lowest BCUT2D eigenvalue weighted by molar-refractivity contribution is -0.122. The molecule has 31 heavy (non-hydrogen) atoms. The van der Waals surface area contributed by atoms with E-state index >= 15 is 0 Å². The average Bonchev–Trinajstić information content (AvgIpc) is 2.75. The van der Waals surface area contributed by atoms with E-state index in [0.29, 0.717) is 5.75 Å². The van der Waals surface area contributed by atoms with Gasteiger partial charge in [0.25, 0.3) is 0 Å². The number of hydrogen-bond donors (Lipinski definition) is 1. The highest BCUT2D eigenvalue weighted by atomic mass is 32.2. The Labute approximate surface area is 181 Å². The summed E-state index contributed by atoms with van der Waals surface area (Å²) in [5.74, 6) is -0.528. The number of carbonyl (C=O) groups excluding carboxylic acids is 1. The van der Waals surface area contributed by atoms with Crippen LogP contribution in [0.4, 0.5) is 10.1 Å². The number of nitrogens with one attached hydrogen (secondary N) is 1. The molecule has 1 amide bonds. The lowest BCUT2D eigenvalue weighted by atomic mass is 10.1. The van der Waals surface area contributed by atoms with Crippen LogP contribution in [0.1, 0.15) is 13.3 Å². The van der Waals surface area contributed by atoms with Crippen molar-refractivity contribution in [3.05, 3.63) is 72.5 Å². The maximum absolute atomic E-state index is 14.3. The SMILES string of the molecule is CC[C@@H](C(=O)NCCOc1cccc2ccccc12)N(c1ccccc1F)S(C)(=O)=O. The first-order valence-corrected chi connectivity index (χ1v) is 11.8. The molecule has 0 aliphatic carbocycles. The molecule has 0 spiro atoms. The van der Waals surface area contributed by atoms with Gasteiger partial charge in [-0.2, -0.15) is 0 Å². The first kappa shape index (κ1) is 22.6. The number of fused-ring (bicyclic) bond motifs is 1. The minimum atomic E-state index is -3.89. The van der Waals surface area contributed by atoms with E-state index < -0.39 is 27.8 Å². The second-order valence-electron chi connectivity index (χ2n) is 7.05. The number of carbonyl (C=O) groups is 1. The van der Waals surface area contributed by atoms with Crippen molar-refractivity contribution in [1.29, 1.82) is 0 Å². The van der Waals surface area contributed by atoms with E-state index in [9.17, 15) is 17.6 Å². The molecule has 0 unspecified atom stereocenters. The van der Waals surface area contributed by atoms with Crippen LogP contribution in [0.2, 0.25) is 0 Å². The van der Waals surface area contributed by atoms with E-state index in [0.717, 1.165) is 27.4 Å². The highest BCUT2D eigenvalue weighted by Gasteiger charge is 2.32. The third kappa shape index (κ3) is 5.32. The molecule has 1 atom stereocenters. The van der Waals surface area contributed by atoms with Crippen molar-refractivity contribution in [2.75, 3.05) is 23.7 Å². The van der Waals surface area contributed by atoms with Crippen LogP contribution >= 0.6 is 0 Å². The Morgan fingerprint density at radius 2 is 1.74 bits per heavy atom. The summed E-state index contributed by atoms with van der Waals surface area (Å²) in [6, 6.07) is 17.9. The van der Waals surface area contributed by atoms with Crippen LogP contribution in [-0.2, 0) is 14.8 Å². The lowest BCUT2D eigenvalue weighted by Crippen LogP contribution is -2.50. The third-order valence-corrected chi connectivity index (χ3v) is 5.99. The maximum atomic E-state index is 14.3. The zero-order chi connectivity index (χ0) is 22.4. The fourth-order valence-corrected chi connectivity index (χ4v) is 4.65. The lowest BCUT2D eigenvalue weighted by Gasteiger charge is -2.30. The largest absolute Gasteiger partial charge is 0.491 e. The fraction of sp³-hybridized carbons (Fsp3) is 0.261. The molecule has 0 bridgehead atoms. The summed E-state index contributed by atoms with van der Waals surface area (Å²) in [4.78, 5) is 12.8. The Morgan fingerprint density at radius 1 is 1.06 bits per heavy atom. The van der Waals surface area contributed by atoms with E-state index in [-0.39, 0.29) is 25.3 Å². The van der Waals surface area contributed by atoms with Gasteiger partial charge in [-0.3, -0.25) is 9.10 Å². The molecule has 0 aliphatic heterocycles. The molecule has 8 heteroatoms. The standard InChI is InChI=1S/C23H25FN2O4S/c1-3-20(26(31(2,28)29)21-13-7-6-12-19(21)24)23(27)25-15-16-30-22-14-8-10-17-9-4-5-11-18(17)22/h4-14,20H,3,15-16H2,1-2H3,(H,25,27)/t20-/m0/s1. The molecular weight excluding hydrogens is 419 g/mol. The number of amides is 1. The van der Waals surface area contributed by atoms with Crippen LogP contribution in [0.5, 0.6) is 5.75 Å². The summed E-state index contributed by atoms with van der Waals surface area (Å²) in [5, 5.41) is 4.71. The van der Waals surface area contributed by atoms with Crippen molar-refractivity contribution in [1.82, 2.24) is 5.32 Å². The van der Waals surface area contributed by atoms with Crippen molar-refractivity contribution in [3.8, 4) is 5.75 Å². The van der Waals surface area contributed by atoms with E-state index in [1.165, 1.54) is 18.2 Å². The topological polar surface area (TPSA) is 75.7 Å². The van der Waals surface area contributed by atoms with Crippen LogP contribution in [0, 0.1) is 5.82 Å². The molecule has 3 aromatic rings. The second kappa shape index (κ2) is 9.78. The van der Waals surface area contributed by atoms with Crippen LogP contribution in [0.15, 0.2) is 66.7 Å². The van der Waals surface area contributed by atoms with Crippen molar-refractivity contribution in [3.63, 3.8) is 0 Å². The predicted octanol–water partition coefficient (Wildman–Crippen LogP) is 3.72. The van der Waals surface area contributed by atoms with E-state index in [1.807, 2.05) is 42.5 Å². The van der Waals surface area contributed by atoms with Gasteiger partial charge in [-0.15, -0.1) is 0 Å². The summed E-state index contributed by atoms with van der Waals surface area (Å²) in [5.41, 5.74) is -0.154. The molecule has 0 aliphatic rings. The Kier molecular flexibility index (Phi) is 7.12. The Balaban J connectivity index is 1.68. The summed E-state index contributed by atoms with van der Waals surface area (Å²) in [6.07, 6.45) is 1.14. The van der Waals surface area contributed by atoms with Crippen LogP contribution in [0.25, 0.3) is 10.8 Å². The molecule has 0 saturated heterocycles. The number of ether oxygens (including phenoxy) is 1. The number of halogens is 1. The number of benzene rings is 3. The summed E-state index contributed by atoms with van der Waals surface area (Å²) in [6.45, 7) is 2.05. The van der Waals surface area contributed by atoms with Crippen LogP contribution in [0.3, 0.4) is 0 Å². The fourth-order valence-electron chi connectivity index (χ4n) is 3.44. The molecule has 0 radical (unpaired) electrons. The van der Waals surface area contributed by atoms with Gasteiger partial charge in [-0.25, -0.2) is 12.8 Å². The second-order valence-corrected chi connectivity index (χ2v) is 8.91. The van der Waals surface area contributed by atoms with Gasteiger partial charge >= 0.3 is 0 Å². The molecule has 0 aromatic heterocycles. The van der Waals surface area contributed by atoms with Gasteiger partial charge in [0.05, 0.1) is 18.5 Å². The minimum absolute atomic E-state index is 0.154. The molecule has 1 N–H and O–H groups in total. The van der Waals surface area contributed by atoms with Crippen molar-refractivity contribution >= 4 is 32.4 Å². The highest BCUT2D eigenvalue weighted by molar-refractivity contribution is 7.92. The van der Waals surface area contributed by atoms with E-state index in [4.69, 9.17) is 4.74 Å². The number of rotatable bonds is 9. The molecule has 0 fully saturated rings. The smallest absolute Gasteiger partial charge is 0.244 e. The van der Waals surface area contributed by atoms with Gasteiger partial charge in [0.1, 0.15) is 24.2 Å². The molecular formula is C23H25FN2O4S. The third-order valence-electron chi connectivity index (χ3n) is 4.83. The highest BCUT2D eigenvalue weighted by Crippen LogP contribution is 2.26. The number of hydrogen-bond acceptors (Lipinski definition) is 4. The van der Waals surface area contributed by atoms with Gasteiger partial charge in [0.2, 0.25) is 15.9 Å². The molecule has 0 saturated carbocycles. The zero-order valence-electron chi connectivity index (χ0n) is 17.4. The van der Waals surface area contributed by atoms with Crippen molar-refractivity contribution < 1.29 is 22.3 Å². The van der Waals surface area contributed by atoms with Crippen molar-refractivity contribution in [2.45, 2.75) is 19.4 Å². The number of para-hydroxylation sites is 1. The van der Waals surface area contributed by atoms with Gasteiger partial charge in [0, 0.05) is 5.39 Å². The van der Waals surface area contributed by atoms with Crippen molar-refractivity contribution in [2.24, 2.45) is 0 Å². The molecule has 3 aromatic carbocycles. The molecule has 164 valence electrons. The molecule has 6 nitrogen and oxygen atoms in total. The van der Waals surface area contributed by atoms with E-state index in [2.05, 4.69) is 5.32 Å². The maximum Gasteiger partial charge on any atom is 0.244 e. The number of anilines is 1. The van der Waals surface area contributed by atoms with Gasteiger partial charge in [-0.1, -0.05) is 55.5 Å². The van der Waals surface area contributed by atoms with Gasteiger partial charge in [0.15, 0.2) is 0 Å². The summed E-state index contributed by atoms with van der Waals surface area (Å²) >= 11 is 0. The quantitative estimate of drug-likeness (QED) is 0.511. The van der Waals surface area contributed by atoms with E-state index in [1.54, 1.807) is 6.92 Å². The zero-order valence-corrected chi connectivity index (χ0v) is 18.2. The Bertz CT molecular complexity index is 1160. The summed E-state index contributed by atoms with van der Waals surface area (Å²) in [7, 11) is -3.89. The Hall–Kier alpha value is -3.13. The first-order chi connectivity index (χ1) is 14.8. The monoisotopic (exact) mass is 444 g/mol. The van der Waals surface area contributed by atoms with Gasteiger partial charge < -0.3 is 10.1 Å².